The molecule has 0 aromatic heterocycles. The van der Waals surface area contributed by atoms with Gasteiger partial charge in [-0.25, -0.2) is 0 Å². The van der Waals surface area contributed by atoms with E-state index in [1.807, 2.05) is 0 Å². The molecule has 0 spiro atoms. The first-order chi connectivity index (χ1) is 7.50. The molecule has 0 aliphatic heterocycles. The third kappa shape index (κ3) is 2.98. The maximum atomic E-state index is 11.3. The largest absolute Gasteiger partial charge is 0.480 e. The lowest BCUT2D eigenvalue weighted by Gasteiger charge is -2.31. The average molecular weight is 226 g/mol. The number of aliphatic carboxylic acids is 1. The third-order valence-corrected chi connectivity index (χ3v) is 3.79. The van der Waals surface area contributed by atoms with E-state index in [4.69, 9.17) is 11.5 Å². The van der Waals surface area contributed by atoms with Gasteiger partial charge >= 0.3 is 5.97 Å². The first-order valence-electron chi connectivity index (χ1n) is 6.28. The number of nitrogens with two attached hydrogens (primary N) is 2. The van der Waals surface area contributed by atoms with Gasteiger partial charge in [0, 0.05) is 6.04 Å². The fourth-order valence-electron chi connectivity index (χ4n) is 2.64. The molecule has 16 heavy (non-hydrogen) atoms. The zero-order valence-electron chi connectivity index (χ0n) is 10.1. The molecule has 92 valence electrons. The molecule has 1 aliphatic rings. The van der Waals surface area contributed by atoms with Crippen LogP contribution in [0, 0.1) is 5.92 Å². The van der Waals surface area contributed by atoms with Crippen LogP contribution in [0.5, 0.6) is 0 Å². The molecule has 0 bridgehead atoms. The lowest BCUT2D eigenvalue weighted by molar-refractivity contribution is -0.146. The predicted molar refractivity (Wildman–Crippen MR) is 67.1 cm³/mol. The standard InChI is InChI=1S/C11H23BN2O2/c12-6-2-1-5-11(14,10(15)16)8-3-4-9(13)7-8/h8-9H,1-7,12-14H2,(H,15,16)/t8?,9-,11?/m0/s1. The molecule has 3 atom stereocenters. The molecule has 0 heterocycles. The van der Waals surface area contributed by atoms with Crippen LogP contribution in [0.4, 0.5) is 0 Å². The molecular weight excluding hydrogens is 203 g/mol. The molecule has 1 fully saturated rings. The van der Waals surface area contributed by atoms with Crippen LogP contribution in [0.3, 0.4) is 0 Å². The van der Waals surface area contributed by atoms with Crippen molar-refractivity contribution in [2.45, 2.75) is 56.4 Å². The van der Waals surface area contributed by atoms with Crippen LogP contribution in [-0.4, -0.2) is 30.5 Å². The van der Waals surface area contributed by atoms with E-state index in [9.17, 15) is 9.90 Å². The fourth-order valence-corrected chi connectivity index (χ4v) is 2.64. The zero-order valence-corrected chi connectivity index (χ0v) is 10.1. The number of hydrogen-bond donors (Lipinski definition) is 3. The van der Waals surface area contributed by atoms with E-state index in [-0.39, 0.29) is 12.0 Å². The smallest absolute Gasteiger partial charge is 0.323 e. The number of hydrogen-bond acceptors (Lipinski definition) is 3. The average Bonchev–Trinajstić information content (AvgIpc) is 2.65. The Morgan fingerprint density at radius 1 is 1.44 bits per heavy atom. The van der Waals surface area contributed by atoms with Crippen LogP contribution >= 0.6 is 0 Å². The normalized spacial score (nSPS) is 28.9. The van der Waals surface area contributed by atoms with E-state index in [1.54, 1.807) is 0 Å². The molecule has 5 heteroatoms. The van der Waals surface area contributed by atoms with Gasteiger partial charge in [0.15, 0.2) is 0 Å². The first kappa shape index (κ1) is 13.5. The maximum absolute atomic E-state index is 11.3. The minimum atomic E-state index is -1.05. The quantitative estimate of drug-likeness (QED) is 0.443. The Hall–Kier alpha value is -0.545. The molecule has 0 aromatic carbocycles. The molecule has 0 saturated heterocycles. The van der Waals surface area contributed by atoms with E-state index in [0.29, 0.717) is 6.42 Å². The van der Waals surface area contributed by atoms with E-state index in [2.05, 4.69) is 7.85 Å². The summed E-state index contributed by atoms with van der Waals surface area (Å²) in [5.74, 6) is -0.806. The van der Waals surface area contributed by atoms with Gasteiger partial charge in [0.1, 0.15) is 13.4 Å². The molecule has 0 aromatic rings. The highest BCUT2D eigenvalue weighted by Crippen LogP contribution is 2.35. The van der Waals surface area contributed by atoms with Crippen molar-refractivity contribution in [3.63, 3.8) is 0 Å². The van der Waals surface area contributed by atoms with Crippen LogP contribution in [0.2, 0.25) is 6.32 Å². The van der Waals surface area contributed by atoms with Crippen molar-refractivity contribution in [1.29, 1.82) is 0 Å². The Labute approximate surface area is 98.2 Å². The van der Waals surface area contributed by atoms with Gasteiger partial charge in [0.05, 0.1) is 0 Å². The van der Waals surface area contributed by atoms with Gasteiger partial charge in [-0.1, -0.05) is 19.2 Å². The van der Waals surface area contributed by atoms with Crippen molar-refractivity contribution in [3.05, 3.63) is 0 Å². The van der Waals surface area contributed by atoms with Gasteiger partial charge in [0.2, 0.25) is 0 Å². The molecule has 0 amide bonds. The van der Waals surface area contributed by atoms with Crippen LogP contribution in [0.25, 0.3) is 0 Å². The Morgan fingerprint density at radius 2 is 2.12 bits per heavy atom. The minimum absolute atomic E-state index is 0.0526. The molecule has 4 nitrogen and oxygen atoms in total. The van der Waals surface area contributed by atoms with Gasteiger partial charge in [-0.15, -0.1) is 0 Å². The summed E-state index contributed by atoms with van der Waals surface area (Å²) in [4.78, 5) is 11.3. The lowest BCUT2D eigenvalue weighted by atomic mass is 9.79. The van der Waals surface area contributed by atoms with Crippen LogP contribution in [0.1, 0.15) is 38.5 Å². The summed E-state index contributed by atoms with van der Waals surface area (Å²) >= 11 is 0. The van der Waals surface area contributed by atoms with Crippen molar-refractivity contribution in [2.75, 3.05) is 0 Å². The minimum Gasteiger partial charge on any atom is -0.480 e. The summed E-state index contributed by atoms with van der Waals surface area (Å²) in [5.41, 5.74) is 10.9. The molecule has 1 aliphatic carbocycles. The Bertz CT molecular complexity index is 250. The van der Waals surface area contributed by atoms with E-state index >= 15 is 0 Å². The monoisotopic (exact) mass is 226 g/mol. The second-order valence-electron chi connectivity index (χ2n) is 5.07. The molecule has 1 saturated carbocycles. The van der Waals surface area contributed by atoms with E-state index in [0.717, 1.165) is 38.4 Å². The van der Waals surface area contributed by atoms with Crippen molar-refractivity contribution in [1.82, 2.24) is 0 Å². The maximum Gasteiger partial charge on any atom is 0.323 e. The summed E-state index contributed by atoms with van der Waals surface area (Å²) in [6.45, 7) is 0. The number of carboxylic acids is 1. The molecule has 5 N–H and O–H groups in total. The second kappa shape index (κ2) is 5.68. The number of rotatable bonds is 6. The van der Waals surface area contributed by atoms with Crippen LogP contribution in [0.15, 0.2) is 0 Å². The van der Waals surface area contributed by atoms with Gasteiger partial charge in [-0.05, 0) is 31.6 Å². The zero-order chi connectivity index (χ0) is 12.2. The number of carboxylic acid groups (broad SMARTS) is 1. The highest BCUT2D eigenvalue weighted by molar-refractivity contribution is 6.08. The Balaban J connectivity index is 2.60. The highest BCUT2D eigenvalue weighted by Gasteiger charge is 2.44. The van der Waals surface area contributed by atoms with Gasteiger partial charge in [-0.2, -0.15) is 0 Å². The summed E-state index contributed by atoms with van der Waals surface area (Å²) < 4.78 is 0. The summed E-state index contributed by atoms with van der Waals surface area (Å²) in [6, 6.07) is 0.137. The highest BCUT2D eigenvalue weighted by atomic mass is 16.4. The van der Waals surface area contributed by atoms with Crippen molar-refractivity contribution >= 4 is 13.8 Å². The molecule has 0 radical (unpaired) electrons. The van der Waals surface area contributed by atoms with Crippen molar-refractivity contribution < 1.29 is 9.90 Å². The fraction of sp³-hybridized carbons (Fsp3) is 0.909. The van der Waals surface area contributed by atoms with Crippen LogP contribution in [-0.2, 0) is 4.79 Å². The van der Waals surface area contributed by atoms with Crippen LogP contribution < -0.4 is 11.5 Å². The Kier molecular flexibility index (Phi) is 4.80. The van der Waals surface area contributed by atoms with Gasteiger partial charge < -0.3 is 16.6 Å². The number of unbranched alkanes of at least 4 members (excludes halogenated alkanes) is 1. The number of carbonyl (C=O) groups is 1. The van der Waals surface area contributed by atoms with Gasteiger partial charge in [-0.3, -0.25) is 4.79 Å². The summed E-state index contributed by atoms with van der Waals surface area (Å²) in [7, 11) is 2.10. The molecule has 1 rings (SSSR count). The molecular formula is C11H23BN2O2. The van der Waals surface area contributed by atoms with Gasteiger partial charge in [0.25, 0.3) is 0 Å². The van der Waals surface area contributed by atoms with E-state index in [1.165, 1.54) is 0 Å². The summed E-state index contributed by atoms with van der Waals surface area (Å²) in [6.07, 6.45) is 6.12. The van der Waals surface area contributed by atoms with Crippen molar-refractivity contribution in [2.24, 2.45) is 17.4 Å². The lowest BCUT2D eigenvalue weighted by Crippen LogP contribution is -2.53. The van der Waals surface area contributed by atoms with E-state index < -0.39 is 11.5 Å². The summed E-state index contributed by atoms with van der Waals surface area (Å²) in [5, 5.41) is 9.31. The predicted octanol–water partition coefficient (Wildman–Crippen LogP) is 0.118. The van der Waals surface area contributed by atoms with Crippen molar-refractivity contribution in [3.8, 4) is 0 Å². The first-order valence-corrected chi connectivity index (χ1v) is 6.28. The molecule has 2 unspecified atom stereocenters. The topological polar surface area (TPSA) is 89.3 Å². The SMILES string of the molecule is BCCCCC(N)(C(=O)O)C1CC[C@H](N)C1. The Morgan fingerprint density at radius 3 is 2.56 bits per heavy atom. The second-order valence-corrected chi connectivity index (χ2v) is 5.07. The third-order valence-electron chi connectivity index (χ3n) is 3.79.